The zero-order valence-corrected chi connectivity index (χ0v) is 13.2. The molecule has 128 valence electrons. The van der Waals surface area contributed by atoms with Crippen LogP contribution in [-0.4, -0.2) is 35.0 Å². The van der Waals surface area contributed by atoms with Crippen molar-refractivity contribution < 1.29 is 24.2 Å². The summed E-state index contributed by atoms with van der Waals surface area (Å²) in [7, 11) is 0. The number of rotatable bonds is 4. The highest BCUT2D eigenvalue weighted by molar-refractivity contribution is 6.03. The fourth-order valence-electron chi connectivity index (χ4n) is 3.01. The lowest BCUT2D eigenvalue weighted by atomic mass is 10.1. The Morgan fingerprint density at radius 1 is 1.21 bits per heavy atom. The van der Waals surface area contributed by atoms with Gasteiger partial charge >= 0.3 is 0 Å². The van der Waals surface area contributed by atoms with Crippen molar-refractivity contribution in [2.24, 2.45) is 0 Å². The van der Waals surface area contributed by atoms with Gasteiger partial charge in [0.1, 0.15) is 6.04 Å². The molecule has 24 heavy (non-hydrogen) atoms. The normalized spacial score (nSPS) is 21.4. The molecule has 1 saturated heterocycles. The number of nitrogens with one attached hydrogen (secondary N) is 2. The van der Waals surface area contributed by atoms with Crippen LogP contribution in [0.1, 0.15) is 48.9 Å². The average Bonchev–Trinajstić information content (AvgIpc) is 3.05. The molecule has 0 bridgehead atoms. The molecule has 3 rings (SSSR count). The molecule has 1 atom stereocenters. The van der Waals surface area contributed by atoms with E-state index in [9.17, 15) is 19.5 Å². The SMILES string of the molecule is O=C1CC[C@H](NC(=O)c2ccc(O)c(OC3CCCC3)c2)C(=O)N1. The first-order valence-corrected chi connectivity index (χ1v) is 8.17. The first-order chi connectivity index (χ1) is 11.5. The molecule has 1 saturated carbocycles. The van der Waals surface area contributed by atoms with Gasteiger partial charge in [0.25, 0.3) is 5.91 Å². The van der Waals surface area contributed by atoms with E-state index in [1.54, 1.807) is 0 Å². The Balaban J connectivity index is 1.68. The molecule has 3 N–H and O–H groups in total. The number of piperidine rings is 1. The second-order valence-electron chi connectivity index (χ2n) is 6.18. The molecular formula is C17H20N2O5. The Morgan fingerprint density at radius 3 is 2.67 bits per heavy atom. The smallest absolute Gasteiger partial charge is 0.252 e. The van der Waals surface area contributed by atoms with Gasteiger partial charge in [-0.25, -0.2) is 0 Å². The Bertz CT molecular complexity index is 667. The van der Waals surface area contributed by atoms with Crippen molar-refractivity contribution in [3.63, 3.8) is 0 Å². The van der Waals surface area contributed by atoms with Crippen LogP contribution in [0.25, 0.3) is 0 Å². The van der Waals surface area contributed by atoms with E-state index < -0.39 is 17.9 Å². The molecule has 7 heteroatoms. The Kier molecular flexibility index (Phi) is 4.69. The molecule has 0 radical (unpaired) electrons. The van der Waals surface area contributed by atoms with Gasteiger partial charge in [0.2, 0.25) is 11.8 Å². The van der Waals surface area contributed by atoms with Crippen LogP contribution in [0.15, 0.2) is 18.2 Å². The van der Waals surface area contributed by atoms with Crippen molar-refractivity contribution >= 4 is 17.7 Å². The Morgan fingerprint density at radius 2 is 1.96 bits per heavy atom. The van der Waals surface area contributed by atoms with Gasteiger partial charge in [-0.15, -0.1) is 0 Å². The predicted octanol–water partition coefficient (Wildman–Crippen LogP) is 1.25. The highest BCUT2D eigenvalue weighted by Crippen LogP contribution is 2.31. The summed E-state index contributed by atoms with van der Waals surface area (Å²) in [5.41, 5.74) is 0.297. The average molecular weight is 332 g/mol. The Hall–Kier alpha value is -2.57. The summed E-state index contributed by atoms with van der Waals surface area (Å²) in [6, 6.07) is 3.62. The monoisotopic (exact) mass is 332 g/mol. The third-order valence-electron chi connectivity index (χ3n) is 4.36. The first kappa shape index (κ1) is 16.3. The van der Waals surface area contributed by atoms with Crippen molar-refractivity contribution in [3.8, 4) is 11.5 Å². The van der Waals surface area contributed by atoms with Crippen LogP contribution in [-0.2, 0) is 9.59 Å². The van der Waals surface area contributed by atoms with Gasteiger partial charge in [-0.2, -0.15) is 0 Å². The van der Waals surface area contributed by atoms with E-state index in [1.165, 1.54) is 18.2 Å². The van der Waals surface area contributed by atoms with Crippen LogP contribution in [0.3, 0.4) is 0 Å². The minimum atomic E-state index is -0.733. The van der Waals surface area contributed by atoms with E-state index in [0.717, 1.165) is 25.7 Å². The van der Waals surface area contributed by atoms with Crippen LogP contribution in [0.2, 0.25) is 0 Å². The highest BCUT2D eigenvalue weighted by Gasteiger charge is 2.28. The largest absolute Gasteiger partial charge is 0.504 e. The summed E-state index contributed by atoms with van der Waals surface area (Å²) < 4.78 is 5.77. The minimum Gasteiger partial charge on any atom is -0.504 e. The van der Waals surface area contributed by atoms with Crippen LogP contribution in [0, 0.1) is 0 Å². The Labute approximate surface area is 139 Å². The van der Waals surface area contributed by atoms with Crippen LogP contribution >= 0.6 is 0 Å². The van der Waals surface area contributed by atoms with E-state index in [2.05, 4.69) is 10.6 Å². The van der Waals surface area contributed by atoms with Crippen LogP contribution in [0.4, 0.5) is 0 Å². The van der Waals surface area contributed by atoms with E-state index in [-0.39, 0.29) is 36.4 Å². The molecule has 1 aliphatic carbocycles. The fourth-order valence-corrected chi connectivity index (χ4v) is 3.01. The molecule has 0 spiro atoms. The lowest BCUT2D eigenvalue weighted by molar-refractivity contribution is -0.134. The third kappa shape index (κ3) is 3.67. The number of carbonyl (C=O) groups excluding carboxylic acids is 3. The van der Waals surface area contributed by atoms with Gasteiger partial charge in [0.05, 0.1) is 6.10 Å². The number of hydrogen-bond donors (Lipinski definition) is 3. The zero-order chi connectivity index (χ0) is 17.1. The highest BCUT2D eigenvalue weighted by atomic mass is 16.5. The molecule has 3 amide bonds. The van der Waals surface area contributed by atoms with Crippen LogP contribution in [0.5, 0.6) is 11.5 Å². The van der Waals surface area contributed by atoms with E-state index in [1.807, 2.05) is 0 Å². The molecule has 1 aromatic rings. The molecular weight excluding hydrogens is 312 g/mol. The van der Waals surface area contributed by atoms with Crippen molar-refractivity contribution in [2.75, 3.05) is 0 Å². The van der Waals surface area contributed by atoms with Gasteiger partial charge in [0.15, 0.2) is 11.5 Å². The zero-order valence-electron chi connectivity index (χ0n) is 13.2. The van der Waals surface area contributed by atoms with E-state index in [0.29, 0.717) is 5.56 Å². The minimum absolute atomic E-state index is 0.0144. The van der Waals surface area contributed by atoms with Gasteiger partial charge < -0.3 is 15.2 Å². The van der Waals surface area contributed by atoms with Gasteiger partial charge in [0, 0.05) is 12.0 Å². The van der Waals surface area contributed by atoms with Crippen LogP contribution < -0.4 is 15.4 Å². The maximum Gasteiger partial charge on any atom is 0.252 e. The lowest BCUT2D eigenvalue weighted by Crippen LogP contribution is -2.52. The molecule has 7 nitrogen and oxygen atoms in total. The summed E-state index contributed by atoms with van der Waals surface area (Å²) in [6.07, 6.45) is 4.60. The molecule has 1 aliphatic heterocycles. The molecule has 1 heterocycles. The van der Waals surface area contributed by atoms with E-state index >= 15 is 0 Å². The number of hydrogen-bond acceptors (Lipinski definition) is 5. The van der Waals surface area contributed by atoms with Gasteiger partial charge in [-0.1, -0.05) is 0 Å². The summed E-state index contributed by atoms with van der Waals surface area (Å²) in [5.74, 6) is -1.01. The standard InChI is InChI=1S/C17H20N2O5/c20-13-7-5-10(9-14(13)24-11-3-1-2-4-11)16(22)18-12-6-8-15(21)19-17(12)23/h5,7,9,11-12,20H,1-4,6,8H2,(H,18,22)(H,19,21,23)/t12-/m0/s1. The topological polar surface area (TPSA) is 105 Å². The van der Waals surface area contributed by atoms with Crippen molar-refractivity contribution in [2.45, 2.75) is 50.7 Å². The molecule has 1 aromatic carbocycles. The molecule has 0 unspecified atom stereocenters. The number of amides is 3. The maximum atomic E-state index is 12.3. The number of carbonyl (C=O) groups is 3. The maximum absolute atomic E-state index is 12.3. The van der Waals surface area contributed by atoms with Crippen molar-refractivity contribution in [1.82, 2.24) is 10.6 Å². The second kappa shape index (κ2) is 6.90. The number of ether oxygens (including phenoxy) is 1. The molecule has 0 aromatic heterocycles. The third-order valence-corrected chi connectivity index (χ3v) is 4.36. The number of aromatic hydroxyl groups is 1. The molecule has 2 fully saturated rings. The molecule has 2 aliphatic rings. The lowest BCUT2D eigenvalue weighted by Gasteiger charge is -2.22. The number of phenolic OH excluding ortho intramolecular Hbond substituents is 1. The van der Waals surface area contributed by atoms with E-state index in [4.69, 9.17) is 4.74 Å². The second-order valence-corrected chi connectivity index (χ2v) is 6.18. The predicted molar refractivity (Wildman–Crippen MR) is 84.6 cm³/mol. The fraction of sp³-hybridized carbons (Fsp3) is 0.471. The van der Waals surface area contributed by atoms with Crippen molar-refractivity contribution in [3.05, 3.63) is 23.8 Å². The van der Waals surface area contributed by atoms with Gasteiger partial charge in [-0.3, -0.25) is 19.7 Å². The first-order valence-electron chi connectivity index (χ1n) is 8.17. The number of imide groups is 1. The van der Waals surface area contributed by atoms with Crippen molar-refractivity contribution in [1.29, 1.82) is 0 Å². The number of benzene rings is 1. The summed E-state index contributed by atoms with van der Waals surface area (Å²) >= 11 is 0. The number of phenols is 1. The summed E-state index contributed by atoms with van der Waals surface area (Å²) in [5, 5.41) is 14.7. The quantitative estimate of drug-likeness (QED) is 0.720. The van der Waals surface area contributed by atoms with Gasteiger partial charge in [-0.05, 0) is 50.3 Å². The summed E-state index contributed by atoms with van der Waals surface area (Å²) in [4.78, 5) is 35.2. The summed E-state index contributed by atoms with van der Waals surface area (Å²) in [6.45, 7) is 0.